The molecule has 0 aliphatic rings. The number of thiophene rings is 1. The lowest BCUT2D eigenvalue weighted by atomic mass is 10.0. The van der Waals surface area contributed by atoms with Crippen LogP contribution in [-0.2, 0) is 4.74 Å². The Hall–Kier alpha value is -2.47. The van der Waals surface area contributed by atoms with Crippen molar-refractivity contribution in [1.29, 1.82) is 0 Å². The molecule has 2 N–H and O–H groups in total. The molecule has 0 amide bonds. The average molecular weight is 327 g/mol. The van der Waals surface area contributed by atoms with Crippen molar-refractivity contribution >= 4 is 33.5 Å². The van der Waals surface area contributed by atoms with E-state index in [-0.39, 0.29) is 11.9 Å². The number of aryl methyl sites for hydroxylation is 2. The van der Waals surface area contributed by atoms with Gasteiger partial charge in [0.2, 0.25) is 5.95 Å². The molecular weight excluding hydrogens is 310 g/mol. The van der Waals surface area contributed by atoms with E-state index in [0.717, 1.165) is 27.8 Å². The molecule has 1 aromatic carbocycles. The SMILES string of the molecule is CCOC(=O)c1cc2c(-c3cc(C)ccc3C)nc(N)nc2s1. The van der Waals surface area contributed by atoms with E-state index in [1.54, 1.807) is 13.0 Å². The van der Waals surface area contributed by atoms with Crippen molar-refractivity contribution in [3.63, 3.8) is 0 Å². The number of esters is 1. The van der Waals surface area contributed by atoms with Gasteiger partial charge in [-0.3, -0.25) is 0 Å². The van der Waals surface area contributed by atoms with Gasteiger partial charge in [-0.05, 0) is 38.5 Å². The number of aromatic nitrogens is 2. The lowest BCUT2D eigenvalue weighted by molar-refractivity contribution is 0.0532. The minimum atomic E-state index is -0.346. The van der Waals surface area contributed by atoms with E-state index in [1.165, 1.54) is 11.3 Å². The summed E-state index contributed by atoms with van der Waals surface area (Å²) in [6.07, 6.45) is 0. The molecule has 0 saturated carbocycles. The van der Waals surface area contributed by atoms with Crippen LogP contribution in [0, 0.1) is 13.8 Å². The highest BCUT2D eigenvalue weighted by molar-refractivity contribution is 7.20. The monoisotopic (exact) mass is 327 g/mol. The molecule has 0 bridgehead atoms. The number of nitrogens with two attached hydrogens (primary N) is 1. The number of carbonyl (C=O) groups is 1. The summed E-state index contributed by atoms with van der Waals surface area (Å²) < 4.78 is 5.07. The first-order valence-corrected chi connectivity index (χ1v) is 8.13. The summed E-state index contributed by atoms with van der Waals surface area (Å²) in [5.74, 6) is -0.147. The van der Waals surface area contributed by atoms with E-state index >= 15 is 0 Å². The van der Waals surface area contributed by atoms with Gasteiger partial charge in [0.25, 0.3) is 0 Å². The summed E-state index contributed by atoms with van der Waals surface area (Å²) in [7, 11) is 0. The predicted molar refractivity (Wildman–Crippen MR) is 92.7 cm³/mol. The second-order valence-corrected chi connectivity index (χ2v) is 6.33. The zero-order valence-electron chi connectivity index (χ0n) is 13.2. The maximum absolute atomic E-state index is 12.0. The maximum Gasteiger partial charge on any atom is 0.348 e. The van der Waals surface area contributed by atoms with Gasteiger partial charge in [0, 0.05) is 10.9 Å². The summed E-state index contributed by atoms with van der Waals surface area (Å²) in [6.45, 7) is 6.18. The van der Waals surface area contributed by atoms with E-state index in [1.807, 2.05) is 19.9 Å². The van der Waals surface area contributed by atoms with Crippen molar-refractivity contribution in [2.75, 3.05) is 12.3 Å². The minimum Gasteiger partial charge on any atom is -0.462 e. The molecule has 0 radical (unpaired) electrons. The topological polar surface area (TPSA) is 78.1 Å². The van der Waals surface area contributed by atoms with Crippen LogP contribution in [0.3, 0.4) is 0 Å². The summed E-state index contributed by atoms with van der Waals surface area (Å²) in [4.78, 5) is 21.8. The number of ether oxygens (including phenoxy) is 1. The third-order valence-corrected chi connectivity index (χ3v) is 4.54. The van der Waals surface area contributed by atoms with Gasteiger partial charge in [-0.1, -0.05) is 17.7 Å². The fourth-order valence-electron chi connectivity index (χ4n) is 2.44. The van der Waals surface area contributed by atoms with Crippen molar-refractivity contribution < 1.29 is 9.53 Å². The van der Waals surface area contributed by atoms with Crippen LogP contribution < -0.4 is 5.73 Å². The zero-order valence-corrected chi connectivity index (χ0v) is 14.0. The van der Waals surface area contributed by atoms with Gasteiger partial charge in [-0.25, -0.2) is 14.8 Å². The Kier molecular flexibility index (Phi) is 4.00. The Labute approximate surface area is 138 Å². The van der Waals surface area contributed by atoms with Gasteiger partial charge < -0.3 is 10.5 Å². The van der Waals surface area contributed by atoms with E-state index in [0.29, 0.717) is 16.3 Å². The van der Waals surface area contributed by atoms with Crippen molar-refractivity contribution in [2.45, 2.75) is 20.8 Å². The molecule has 0 aliphatic carbocycles. The van der Waals surface area contributed by atoms with Crippen LogP contribution in [0.2, 0.25) is 0 Å². The van der Waals surface area contributed by atoms with Crippen LogP contribution >= 0.6 is 11.3 Å². The molecule has 0 unspecified atom stereocenters. The van der Waals surface area contributed by atoms with Crippen molar-refractivity contribution in [3.8, 4) is 11.3 Å². The fraction of sp³-hybridized carbons (Fsp3) is 0.235. The first kappa shape index (κ1) is 15.4. The van der Waals surface area contributed by atoms with Gasteiger partial charge in [0.05, 0.1) is 12.3 Å². The molecule has 2 heterocycles. The molecule has 0 saturated heterocycles. The second kappa shape index (κ2) is 5.96. The van der Waals surface area contributed by atoms with Crippen LogP contribution in [0.25, 0.3) is 21.5 Å². The summed E-state index contributed by atoms with van der Waals surface area (Å²) in [5, 5.41) is 0.820. The Balaban J connectivity index is 2.24. The van der Waals surface area contributed by atoms with Crippen LogP contribution in [0.5, 0.6) is 0 Å². The molecule has 0 spiro atoms. The molecule has 2 aromatic heterocycles. The number of anilines is 1. The number of carbonyl (C=O) groups excluding carboxylic acids is 1. The van der Waals surface area contributed by atoms with Gasteiger partial charge in [-0.15, -0.1) is 11.3 Å². The summed E-state index contributed by atoms with van der Waals surface area (Å²) >= 11 is 1.27. The second-order valence-electron chi connectivity index (χ2n) is 5.30. The van der Waals surface area contributed by atoms with E-state index in [4.69, 9.17) is 10.5 Å². The fourth-order valence-corrected chi connectivity index (χ4v) is 3.37. The molecule has 6 heteroatoms. The minimum absolute atomic E-state index is 0.200. The normalized spacial score (nSPS) is 10.9. The zero-order chi connectivity index (χ0) is 16.6. The van der Waals surface area contributed by atoms with E-state index in [2.05, 4.69) is 22.1 Å². The number of nitrogen functional groups attached to an aromatic ring is 1. The molecule has 3 aromatic rings. The lowest BCUT2D eigenvalue weighted by Gasteiger charge is -2.08. The Morgan fingerprint density at radius 1 is 1.26 bits per heavy atom. The Bertz CT molecular complexity index is 902. The molecular formula is C17H17N3O2S. The molecule has 0 atom stereocenters. The van der Waals surface area contributed by atoms with E-state index < -0.39 is 0 Å². The molecule has 0 fully saturated rings. The van der Waals surface area contributed by atoms with Crippen molar-refractivity contribution in [1.82, 2.24) is 9.97 Å². The Morgan fingerprint density at radius 2 is 2.04 bits per heavy atom. The number of hydrogen-bond acceptors (Lipinski definition) is 6. The largest absolute Gasteiger partial charge is 0.462 e. The first-order chi connectivity index (χ1) is 11.0. The summed E-state index contributed by atoms with van der Waals surface area (Å²) in [6, 6.07) is 7.96. The first-order valence-electron chi connectivity index (χ1n) is 7.31. The van der Waals surface area contributed by atoms with Gasteiger partial charge >= 0.3 is 5.97 Å². The maximum atomic E-state index is 12.0. The molecule has 5 nitrogen and oxygen atoms in total. The number of benzene rings is 1. The number of hydrogen-bond donors (Lipinski definition) is 1. The summed E-state index contributed by atoms with van der Waals surface area (Å²) in [5.41, 5.74) is 9.84. The van der Waals surface area contributed by atoms with Crippen LogP contribution in [0.15, 0.2) is 24.3 Å². The van der Waals surface area contributed by atoms with E-state index in [9.17, 15) is 4.79 Å². The number of fused-ring (bicyclic) bond motifs is 1. The quantitative estimate of drug-likeness (QED) is 0.742. The standard InChI is InChI=1S/C17H17N3O2S/c1-4-22-16(21)13-8-12-14(19-17(18)20-15(12)23-13)11-7-9(2)5-6-10(11)3/h5-8H,4H2,1-3H3,(H2,18,19,20). The van der Waals surface area contributed by atoms with Gasteiger partial charge in [0.15, 0.2) is 0 Å². The predicted octanol–water partition coefficient (Wildman–Crippen LogP) is 3.73. The third-order valence-electron chi connectivity index (χ3n) is 3.53. The highest BCUT2D eigenvalue weighted by atomic mass is 32.1. The average Bonchev–Trinajstić information content (AvgIpc) is 2.93. The highest BCUT2D eigenvalue weighted by Gasteiger charge is 2.18. The van der Waals surface area contributed by atoms with Crippen LogP contribution in [0.1, 0.15) is 27.7 Å². The van der Waals surface area contributed by atoms with Crippen LogP contribution in [-0.4, -0.2) is 22.5 Å². The molecule has 3 rings (SSSR count). The molecule has 118 valence electrons. The lowest BCUT2D eigenvalue weighted by Crippen LogP contribution is -2.01. The molecule has 0 aliphatic heterocycles. The third kappa shape index (κ3) is 2.90. The number of rotatable bonds is 3. The van der Waals surface area contributed by atoms with Gasteiger partial charge in [0.1, 0.15) is 9.71 Å². The highest BCUT2D eigenvalue weighted by Crippen LogP contribution is 2.34. The smallest absolute Gasteiger partial charge is 0.348 e. The van der Waals surface area contributed by atoms with Crippen molar-refractivity contribution in [3.05, 3.63) is 40.3 Å². The Morgan fingerprint density at radius 3 is 2.78 bits per heavy atom. The van der Waals surface area contributed by atoms with Crippen LogP contribution in [0.4, 0.5) is 5.95 Å². The molecule has 23 heavy (non-hydrogen) atoms. The van der Waals surface area contributed by atoms with Crippen molar-refractivity contribution in [2.24, 2.45) is 0 Å². The number of nitrogens with zero attached hydrogens (tertiary/aromatic N) is 2. The van der Waals surface area contributed by atoms with Gasteiger partial charge in [-0.2, -0.15) is 0 Å².